The first-order valence-corrected chi connectivity index (χ1v) is 8.22. The van der Waals surface area contributed by atoms with E-state index in [1.54, 1.807) is 0 Å². The average Bonchev–Trinajstić information content (AvgIpc) is 3.25. The third-order valence-corrected chi connectivity index (χ3v) is 4.46. The van der Waals surface area contributed by atoms with E-state index >= 15 is 0 Å². The number of rotatable bonds is 10. The molecule has 1 unspecified atom stereocenters. The molecule has 0 radical (unpaired) electrons. The van der Waals surface area contributed by atoms with E-state index in [1.165, 1.54) is 12.8 Å². The SMILES string of the molecule is CCCNC(CN(CC(C)C)C1CC1)(C(=O)O)C1CC1. The summed E-state index contributed by atoms with van der Waals surface area (Å²) in [7, 11) is 0. The molecule has 0 aliphatic heterocycles. The molecule has 2 N–H and O–H groups in total. The molecule has 2 aliphatic carbocycles. The lowest BCUT2D eigenvalue weighted by Gasteiger charge is -2.37. The van der Waals surface area contributed by atoms with Gasteiger partial charge in [0.15, 0.2) is 0 Å². The number of carboxylic acids is 1. The second-order valence-electron chi connectivity index (χ2n) is 7.03. The van der Waals surface area contributed by atoms with Crippen molar-refractivity contribution in [2.75, 3.05) is 19.6 Å². The van der Waals surface area contributed by atoms with Crippen LogP contribution in [0.2, 0.25) is 0 Å². The van der Waals surface area contributed by atoms with Crippen molar-refractivity contribution in [3.63, 3.8) is 0 Å². The monoisotopic (exact) mass is 282 g/mol. The lowest BCUT2D eigenvalue weighted by atomic mass is 9.91. The van der Waals surface area contributed by atoms with Gasteiger partial charge < -0.3 is 10.4 Å². The Morgan fingerprint density at radius 2 is 2.00 bits per heavy atom. The van der Waals surface area contributed by atoms with Crippen LogP contribution in [0.1, 0.15) is 52.9 Å². The molecule has 0 aromatic heterocycles. The maximum Gasteiger partial charge on any atom is 0.325 e. The fraction of sp³-hybridized carbons (Fsp3) is 0.938. The molecule has 4 heteroatoms. The molecule has 0 saturated heterocycles. The van der Waals surface area contributed by atoms with Crippen molar-refractivity contribution in [2.45, 2.75) is 64.5 Å². The van der Waals surface area contributed by atoms with Crippen molar-refractivity contribution < 1.29 is 9.90 Å². The van der Waals surface area contributed by atoms with Crippen LogP contribution < -0.4 is 5.32 Å². The molecule has 2 fully saturated rings. The van der Waals surface area contributed by atoms with Gasteiger partial charge in [0, 0.05) is 19.1 Å². The molecule has 4 nitrogen and oxygen atoms in total. The molecular formula is C16H30N2O2. The van der Waals surface area contributed by atoms with Crippen LogP contribution in [0, 0.1) is 11.8 Å². The molecule has 116 valence electrons. The summed E-state index contributed by atoms with van der Waals surface area (Å²) in [6.45, 7) is 9.02. The zero-order chi connectivity index (χ0) is 14.8. The molecule has 2 rings (SSSR count). The Kier molecular flexibility index (Phi) is 5.08. The highest BCUT2D eigenvalue weighted by atomic mass is 16.4. The van der Waals surface area contributed by atoms with Crippen LogP contribution in [0.25, 0.3) is 0 Å². The Hall–Kier alpha value is -0.610. The summed E-state index contributed by atoms with van der Waals surface area (Å²) < 4.78 is 0. The molecule has 0 amide bonds. The van der Waals surface area contributed by atoms with Crippen LogP contribution in [-0.4, -0.2) is 47.2 Å². The normalized spacial score (nSPS) is 22.2. The number of hydrogen-bond acceptors (Lipinski definition) is 3. The topological polar surface area (TPSA) is 52.6 Å². The Morgan fingerprint density at radius 3 is 2.40 bits per heavy atom. The zero-order valence-corrected chi connectivity index (χ0v) is 13.2. The van der Waals surface area contributed by atoms with Gasteiger partial charge in [0.1, 0.15) is 5.54 Å². The van der Waals surface area contributed by atoms with E-state index in [0.717, 1.165) is 32.4 Å². The maximum atomic E-state index is 12.0. The van der Waals surface area contributed by atoms with Crippen molar-refractivity contribution in [1.29, 1.82) is 0 Å². The number of aliphatic carboxylic acids is 1. The summed E-state index contributed by atoms with van der Waals surface area (Å²) >= 11 is 0. The maximum absolute atomic E-state index is 12.0. The molecule has 2 saturated carbocycles. The van der Waals surface area contributed by atoms with Crippen molar-refractivity contribution in [3.05, 3.63) is 0 Å². The lowest BCUT2D eigenvalue weighted by molar-refractivity contribution is -0.147. The van der Waals surface area contributed by atoms with E-state index < -0.39 is 11.5 Å². The molecule has 0 heterocycles. The van der Waals surface area contributed by atoms with Crippen molar-refractivity contribution in [2.24, 2.45) is 11.8 Å². The van der Waals surface area contributed by atoms with E-state index in [4.69, 9.17) is 0 Å². The highest BCUT2D eigenvalue weighted by molar-refractivity contribution is 5.80. The second-order valence-corrected chi connectivity index (χ2v) is 7.03. The van der Waals surface area contributed by atoms with E-state index in [1.807, 2.05) is 0 Å². The number of carboxylic acid groups (broad SMARTS) is 1. The lowest BCUT2D eigenvalue weighted by Crippen LogP contribution is -2.61. The molecule has 0 bridgehead atoms. The van der Waals surface area contributed by atoms with Gasteiger partial charge in [-0.05, 0) is 50.5 Å². The Balaban J connectivity index is 2.09. The summed E-state index contributed by atoms with van der Waals surface area (Å²) in [5.41, 5.74) is -0.715. The van der Waals surface area contributed by atoms with Crippen LogP contribution >= 0.6 is 0 Å². The predicted molar refractivity (Wildman–Crippen MR) is 80.8 cm³/mol. The van der Waals surface area contributed by atoms with Gasteiger partial charge >= 0.3 is 5.97 Å². The van der Waals surface area contributed by atoms with Gasteiger partial charge in [-0.1, -0.05) is 20.8 Å². The van der Waals surface area contributed by atoms with Crippen molar-refractivity contribution >= 4 is 5.97 Å². The number of nitrogens with zero attached hydrogens (tertiary/aromatic N) is 1. The van der Waals surface area contributed by atoms with Gasteiger partial charge in [-0.25, -0.2) is 0 Å². The predicted octanol–water partition coefficient (Wildman–Crippen LogP) is 2.34. The van der Waals surface area contributed by atoms with Crippen LogP contribution in [-0.2, 0) is 4.79 Å². The third-order valence-electron chi connectivity index (χ3n) is 4.46. The standard InChI is InChI=1S/C16H30N2O2/c1-4-9-17-16(15(19)20,13-5-6-13)11-18(10-12(2)3)14-7-8-14/h12-14,17H,4-11H2,1-3H3,(H,19,20). The van der Waals surface area contributed by atoms with Crippen LogP contribution in [0.5, 0.6) is 0 Å². The summed E-state index contributed by atoms with van der Waals surface area (Å²) in [4.78, 5) is 14.4. The summed E-state index contributed by atoms with van der Waals surface area (Å²) in [6, 6.07) is 0.623. The quantitative estimate of drug-likeness (QED) is 0.646. The van der Waals surface area contributed by atoms with Gasteiger partial charge in [0.2, 0.25) is 0 Å². The van der Waals surface area contributed by atoms with Gasteiger partial charge in [0.25, 0.3) is 0 Å². The summed E-state index contributed by atoms with van der Waals surface area (Å²) in [5, 5.41) is 13.2. The van der Waals surface area contributed by atoms with Gasteiger partial charge in [-0.2, -0.15) is 0 Å². The summed E-state index contributed by atoms with van der Waals surface area (Å²) in [6.07, 6.45) is 5.57. The van der Waals surface area contributed by atoms with E-state index in [2.05, 4.69) is 31.0 Å². The van der Waals surface area contributed by atoms with Gasteiger partial charge in [-0.3, -0.25) is 9.69 Å². The first-order chi connectivity index (χ1) is 9.49. The zero-order valence-electron chi connectivity index (χ0n) is 13.2. The first kappa shape index (κ1) is 15.8. The molecule has 1 atom stereocenters. The largest absolute Gasteiger partial charge is 0.480 e. The van der Waals surface area contributed by atoms with Gasteiger partial charge in [-0.15, -0.1) is 0 Å². The molecule has 2 aliphatic rings. The Labute approximate surface area is 122 Å². The third kappa shape index (κ3) is 3.73. The first-order valence-electron chi connectivity index (χ1n) is 8.22. The minimum absolute atomic E-state index is 0.319. The molecule has 0 aromatic carbocycles. The van der Waals surface area contributed by atoms with Crippen molar-refractivity contribution in [3.8, 4) is 0 Å². The van der Waals surface area contributed by atoms with Crippen LogP contribution in [0.3, 0.4) is 0 Å². The second kappa shape index (κ2) is 6.44. The molecule has 20 heavy (non-hydrogen) atoms. The fourth-order valence-corrected chi connectivity index (χ4v) is 3.14. The molecule has 0 spiro atoms. The number of hydrogen-bond donors (Lipinski definition) is 2. The number of carbonyl (C=O) groups is 1. The fourth-order valence-electron chi connectivity index (χ4n) is 3.14. The Bertz CT molecular complexity index is 337. The molecule has 0 aromatic rings. The van der Waals surface area contributed by atoms with Crippen LogP contribution in [0.15, 0.2) is 0 Å². The highest BCUT2D eigenvalue weighted by Gasteiger charge is 2.52. The minimum Gasteiger partial charge on any atom is -0.480 e. The molecular weight excluding hydrogens is 252 g/mol. The average molecular weight is 282 g/mol. The highest BCUT2D eigenvalue weighted by Crippen LogP contribution is 2.42. The summed E-state index contributed by atoms with van der Waals surface area (Å²) in [5.74, 6) is 0.260. The van der Waals surface area contributed by atoms with Gasteiger partial charge in [0.05, 0.1) is 0 Å². The Morgan fingerprint density at radius 1 is 1.35 bits per heavy atom. The van der Waals surface area contributed by atoms with Crippen LogP contribution in [0.4, 0.5) is 0 Å². The van der Waals surface area contributed by atoms with Crippen molar-refractivity contribution in [1.82, 2.24) is 10.2 Å². The number of nitrogens with one attached hydrogen (secondary N) is 1. The minimum atomic E-state index is -0.715. The smallest absolute Gasteiger partial charge is 0.325 e. The van der Waals surface area contributed by atoms with E-state index in [9.17, 15) is 9.90 Å². The van der Waals surface area contributed by atoms with E-state index in [-0.39, 0.29) is 0 Å². The van der Waals surface area contributed by atoms with E-state index in [0.29, 0.717) is 24.4 Å².